The van der Waals surface area contributed by atoms with Gasteiger partial charge in [0.2, 0.25) is 5.91 Å². The number of carbonyl (C=O) groups is 3. The first kappa shape index (κ1) is 20.1. The molecule has 5 rings (SSSR count). The molecule has 6 nitrogen and oxygen atoms in total. The minimum Gasteiger partial charge on any atom is -0.481 e. The van der Waals surface area contributed by atoms with Crippen LogP contribution in [0, 0.1) is 23.7 Å². The van der Waals surface area contributed by atoms with E-state index in [1.54, 1.807) is 0 Å². The van der Waals surface area contributed by atoms with Crippen LogP contribution in [-0.2, 0) is 27.2 Å². The third-order valence-electron chi connectivity index (χ3n) is 6.39. The van der Waals surface area contributed by atoms with E-state index in [2.05, 4.69) is 5.32 Å². The van der Waals surface area contributed by atoms with Crippen LogP contribution in [0.5, 0.6) is 0 Å². The average Bonchev–Trinajstić information content (AvgIpc) is 3.09. The third kappa shape index (κ3) is 3.72. The van der Waals surface area contributed by atoms with E-state index < -0.39 is 17.8 Å². The van der Waals surface area contributed by atoms with Crippen LogP contribution in [-0.4, -0.2) is 29.6 Å². The molecule has 0 aromatic carbocycles. The van der Waals surface area contributed by atoms with E-state index in [0.717, 1.165) is 55.4 Å². The molecular formula is C22H27NO5S. The Morgan fingerprint density at radius 2 is 1.83 bits per heavy atom. The number of anilines is 1. The van der Waals surface area contributed by atoms with Gasteiger partial charge in [-0.05, 0) is 62.3 Å². The van der Waals surface area contributed by atoms with E-state index in [9.17, 15) is 19.5 Å². The number of hydrogen-bond acceptors (Lipinski definition) is 5. The van der Waals surface area contributed by atoms with Crippen LogP contribution in [0.1, 0.15) is 59.8 Å². The van der Waals surface area contributed by atoms with Gasteiger partial charge < -0.3 is 15.2 Å². The van der Waals surface area contributed by atoms with Crippen molar-refractivity contribution < 1.29 is 24.2 Å². The molecule has 0 aliphatic heterocycles. The molecule has 4 aliphatic carbocycles. The van der Waals surface area contributed by atoms with E-state index in [1.165, 1.54) is 11.3 Å². The maximum atomic E-state index is 13.2. The summed E-state index contributed by atoms with van der Waals surface area (Å²) >= 11 is 1.45. The van der Waals surface area contributed by atoms with Crippen molar-refractivity contribution in [2.45, 2.75) is 51.9 Å². The van der Waals surface area contributed by atoms with Crippen LogP contribution < -0.4 is 5.32 Å². The second-order valence-electron chi connectivity index (χ2n) is 8.22. The Labute approximate surface area is 174 Å². The van der Waals surface area contributed by atoms with Gasteiger partial charge in [-0.2, -0.15) is 0 Å². The van der Waals surface area contributed by atoms with Gasteiger partial charge >= 0.3 is 11.9 Å². The van der Waals surface area contributed by atoms with E-state index in [0.29, 0.717) is 17.2 Å². The van der Waals surface area contributed by atoms with Crippen molar-refractivity contribution in [3.05, 3.63) is 28.2 Å². The number of aryl methyl sites for hydroxylation is 1. The number of aliphatic carboxylic acids is 1. The van der Waals surface area contributed by atoms with E-state index >= 15 is 0 Å². The lowest BCUT2D eigenvalue weighted by atomic mass is 9.62. The minimum absolute atomic E-state index is 0.0637. The van der Waals surface area contributed by atoms with Gasteiger partial charge in [0.15, 0.2) is 0 Å². The normalized spacial score (nSPS) is 27.3. The van der Waals surface area contributed by atoms with Crippen LogP contribution in [0.15, 0.2) is 12.2 Å². The summed E-state index contributed by atoms with van der Waals surface area (Å²) in [5, 5.41) is 13.2. The van der Waals surface area contributed by atoms with Crippen molar-refractivity contribution in [2.75, 3.05) is 11.9 Å². The molecule has 29 heavy (non-hydrogen) atoms. The highest BCUT2D eigenvalue weighted by Gasteiger charge is 2.48. The van der Waals surface area contributed by atoms with Gasteiger partial charge in [0.05, 0.1) is 24.0 Å². The molecule has 0 spiro atoms. The molecule has 1 fully saturated rings. The molecule has 1 saturated carbocycles. The molecule has 2 N–H and O–H groups in total. The lowest BCUT2D eigenvalue weighted by Crippen LogP contribution is -2.47. The summed E-state index contributed by atoms with van der Waals surface area (Å²) < 4.78 is 5.39. The first-order chi connectivity index (χ1) is 14.0. The largest absolute Gasteiger partial charge is 0.481 e. The Morgan fingerprint density at radius 1 is 1.14 bits per heavy atom. The van der Waals surface area contributed by atoms with Crippen LogP contribution in [0.3, 0.4) is 0 Å². The number of nitrogens with one attached hydrogen (secondary N) is 1. The van der Waals surface area contributed by atoms with E-state index in [4.69, 9.17) is 4.74 Å². The first-order valence-corrected chi connectivity index (χ1v) is 11.4. The number of esters is 1. The summed E-state index contributed by atoms with van der Waals surface area (Å²) in [6, 6.07) is 0. The van der Waals surface area contributed by atoms with Gasteiger partial charge in [0.1, 0.15) is 5.00 Å². The maximum absolute atomic E-state index is 13.2. The molecular weight excluding hydrogens is 390 g/mol. The van der Waals surface area contributed by atoms with Gasteiger partial charge in [0.25, 0.3) is 0 Å². The van der Waals surface area contributed by atoms with Crippen molar-refractivity contribution in [3.63, 3.8) is 0 Å². The molecule has 0 radical (unpaired) electrons. The summed E-state index contributed by atoms with van der Waals surface area (Å²) in [6.45, 7) is 2.28. The topological polar surface area (TPSA) is 92.7 Å². The van der Waals surface area contributed by atoms with Crippen LogP contribution >= 0.6 is 11.3 Å². The van der Waals surface area contributed by atoms with Crippen molar-refractivity contribution in [2.24, 2.45) is 23.7 Å². The number of hydrogen-bond donors (Lipinski definition) is 2. The fourth-order valence-electron chi connectivity index (χ4n) is 5.02. The summed E-state index contributed by atoms with van der Waals surface area (Å²) in [7, 11) is 0. The molecule has 156 valence electrons. The Hall–Kier alpha value is -2.15. The second kappa shape index (κ2) is 8.30. The lowest BCUT2D eigenvalue weighted by molar-refractivity contribution is -0.151. The predicted molar refractivity (Wildman–Crippen MR) is 110 cm³/mol. The van der Waals surface area contributed by atoms with Crippen LogP contribution in [0.4, 0.5) is 5.00 Å². The summed E-state index contributed by atoms with van der Waals surface area (Å²) in [4.78, 5) is 39.0. The monoisotopic (exact) mass is 417 g/mol. The number of thiophene rings is 1. The number of allylic oxidation sites excluding steroid dienone is 2. The summed E-state index contributed by atoms with van der Waals surface area (Å²) in [6.07, 6.45) is 10.1. The van der Waals surface area contributed by atoms with Gasteiger partial charge in [0, 0.05) is 4.88 Å². The van der Waals surface area contributed by atoms with Crippen LogP contribution in [0.2, 0.25) is 0 Å². The van der Waals surface area contributed by atoms with Crippen LogP contribution in [0.25, 0.3) is 0 Å². The van der Waals surface area contributed by atoms with Crippen molar-refractivity contribution >= 4 is 34.2 Å². The highest BCUT2D eigenvalue weighted by atomic mass is 32.1. The lowest BCUT2D eigenvalue weighted by Gasteiger charge is -2.41. The van der Waals surface area contributed by atoms with Gasteiger partial charge in [-0.25, -0.2) is 4.79 Å². The maximum Gasteiger partial charge on any atom is 0.341 e. The van der Waals surface area contributed by atoms with Gasteiger partial charge in [-0.15, -0.1) is 11.3 Å². The highest BCUT2D eigenvalue weighted by molar-refractivity contribution is 7.17. The molecule has 4 unspecified atom stereocenters. The smallest absolute Gasteiger partial charge is 0.341 e. The molecule has 4 atom stereocenters. The fourth-order valence-corrected chi connectivity index (χ4v) is 6.30. The number of carbonyl (C=O) groups excluding carboxylic acids is 2. The average molecular weight is 418 g/mol. The zero-order valence-electron chi connectivity index (χ0n) is 16.6. The first-order valence-electron chi connectivity index (χ1n) is 10.5. The van der Waals surface area contributed by atoms with E-state index in [-0.39, 0.29) is 23.7 Å². The Bertz CT molecular complexity index is 858. The number of rotatable bonds is 6. The van der Waals surface area contributed by atoms with E-state index in [1.807, 2.05) is 19.1 Å². The second-order valence-corrected chi connectivity index (χ2v) is 9.33. The fraction of sp³-hybridized carbons (Fsp3) is 0.591. The predicted octanol–water partition coefficient (Wildman–Crippen LogP) is 4.05. The zero-order chi connectivity index (χ0) is 20.5. The Balaban J connectivity index is 1.62. The molecule has 2 bridgehead atoms. The number of carboxylic acid groups (broad SMARTS) is 1. The Kier molecular flexibility index (Phi) is 5.76. The molecule has 4 aliphatic rings. The Morgan fingerprint density at radius 3 is 2.48 bits per heavy atom. The number of ether oxygens (including phenoxy) is 1. The molecule has 7 heteroatoms. The molecule has 1 heterocycles. The quantitative estimate of drug-likeness (QED) is 0.538. The third-order valence-corrected chi connectivity index (χ3v) is 7.59. The van der Waals surface area contributed by atoms with Crippen molar-refractivity contribution in [3.8, 4) is 0 Å². The number of carboxylic acids is 1. The minimum atomic E-state index is -0.919. The molecule has 1 amide bonds. The van der Waals surface area contributed by atoms with Crippen molar-refractivity contribution in [1.29, 1.82) is 0 Å². The molecule has 1 aromatic heterocycles. The van der Waals surface area contributed by atoms with Gasteiger partial charge in [-0.3, -0.25) is 9.59 Å². The highest BCUT2D eigenvalue weighted by Crippen LogP contribution is 2.46. The molecule has 1 aromatic rings. The number of fused-ring (bicyclic) bond motifs is 3. The SMILES string of the molecule is CCCOC(=O)c1c(NC(=O)C2C3C=CC(CC3)C2C(=O)O)sc2c1CCCC2. The zero-order valence-corrected chi connectivity index (χ0v) is 17.4. The molecule has 0 saturated heterocycles. The van der Waals surface area contributed by atoms with Crippen molar-refractivity contribution in [1.82, 2.24) is 0 Å². The summed E-state index contributed by atoms with van der Waals surface area (Å²) in [5.41, 5.74) is 1.48. The standard InChI is InChI=1S/C22H27NO5S/c1-2-11-28-22(27)18-14-5-3-4-6-15(14)29-20(18)23-19(24)16-12-7-9-13(10-8-12)17(16)21(25)26/h7,9,12-13,16-17H,2-6,8,10-11H2,1H3,(H,23,24)(H,25,26). The van der Waals surface area contributed by atoms with Gasteiger partial charge in [-0.1, -0.05) is 19.1 Å². The number of amides is 1. The summed E-state index contributed by atoms with van der Waals surface area (Å²) in [5.74, 6) is -3.07.